The van der Waals surface area contributed by atoms with Gasteiger partial charge in [-0.15, -0.1) is 0 Å². The van der Waals surface area contributed by atoms with E-state index in [9.17, 15) is 4.79 Å². The van der Waals surface area contributed by atoms with E-state index in [1.807, 2.05) is 18.2 Å². The number of fused-ring (bicyclic) bond motifs is 3. The van der Waals surface area contributed by atoms with E-state index in [-0.39, 0.29) is 0 Å². The lowest BCUT2D eigenvalue weighted by Gasteiger charge is -2.54. The van der Waals surface area contributed by atoms with Crippen LogP contribution in [0.2, 0.25) is 0 Å². The van der Waals surface area contributed by atoms with Gasteiger partial charge in [-0.05, 0) is 78.7 Å². The van der Waals surface area contributed by atoms with Crippen molar-refractivity contribution in [2.75, 3.05) is 11.9 Å². The van der Waals surface area contributed by atoms with Crippen molar-refractivity contribution in [1.82, 2.24) is 0 Å². The summed E-state index contributed by atoms with van der Waals surface area (Å²) in [5.74, 6) is -0.918. The summed E-state index contributed by atoms with van der Waals surface area (Å²) in [6.45, 7) is 1.00. The highest BCUT2D eigenvalue weighted by Crippen LogP contribution is 2.57. The summed E-state index contributed by atoms with van der Waals surface area (Å²) in [5, 5.41) is 12.4. The minimum absolute atomic E-state index is 0.406. The first-order chi connectivity index (χ1) is 13.1. The number of benzene rings is 2. The molecule has 3 fully saturated rings. The topological polar surface area (TPSA) is 49.3 Å². The molecular weight excluding hydrogens is 334 g/mol. The Bertz CT molecular complexity index is 816. The van der Waals surface area contributed by atoms with Crippen molar-refractivity contribution in [3.63, 3.8) is 0 Å². The van der Waals surface area contributed by atoms with Gasteiger partial charge in [0.25, 0.3) is 0 Å². The first-order valence-electron chi connectivity index (χ1n) is 9.90. The zero-order chi connectivity index (χ0) is 18.7. The first-order valence-corrected chi connectivity index (χ1v) is 9.90. The molecule has 3 aliphatic rings. The molecule has 0 unspecified atom stereocenters. The fraction of sp³-hybridized carbons (Fsp3) is 0.375. The summed E-state index contributed by atoms with van der Waals surface area (Å²) in [5.41, 5.74) is 4.33. The second kappa shape index (κ2) is 7.22. The van der Waals surface area contributed by atoms with Gasteiger partial charge in [-0.25, -0.2) is 4.79 Å². The van der Waals surface area contributed by atoms with Gasteiger partial charge in [-0.2, -0.15) is 0 Å². The maximum Gasteiger partial charge on any atom is 0.328 e. The van der Waals surface area contributed by atoms with Gasteiger partial charge in [-0.1, -0.05) is 42.5 Å². The third-order valence-electron chi connectivity index (χ3n) is 6.76. The number of hydrogen-bond donors (Lipinski definition) is 2. The van der Waals surface area contributed by atoms with E-state index in [1.54, 1.807) is 6.08 Å². The molecule has 2 aromatic carbocycles. The molecule has 3 aliphatic carbocycles. The zero-order valence-electron chi connectivity index (χ0n) is 15.7. The number of carboxylic acid groups (broad SMARTS) is 1. The molecule has 0 amide bonds. The summed E-state index contributed by atoms with van der Waals surface area (Å²) in [7, 11) is 0. The Morgan fingerprint density at radius 3 is 2.33 bits per heavy atom. The standard InChI is InChI=1S/C24H27NO2/c26-22(27)10-9-19-5-4-8-21(17-19)25-18-23-11-14-24(15-12-23,16-13-23)20-6-2-1-3-7-20/h1-10,17,25H,11-16,18H2,(H,26,27)/b10-9+. The van der Waals surface area contributed by atoms with Crippen molar-refractivity contribution in [3.05, 3.63) is 71.8 Å². The van der Waals surface area contributed by atoms with Crippen LogP contribution in [-0.4, -0.2) is 17.6 Å². The highest BCUT2D eigenvalue weighted by molar-refractivity contribution is 5.85. The Balaban J connectivity index is 1.40. The van der Waals surface area contributed by atoms with Crippen LogP contribution in [0.25, 0.3) is 6.08 Å². The fourth-order valence-electron chi connectivity index (χ4n) is 4.96. The summed E-state index contributed by atoms with van der Waals surface area (Å²) in [4.78, 5) is 10.7. The Morgan fingerprint density at radius 2 is 1.67 bits per heavy atom. The molecule has 2 bridgehead atoms. The molecule has 0 aliphatic heterocycles. The molecule has 27 heavy (non-hydrogen) atoms. The van der Waals surface area contributed by atoms with Gasteiger partial charge in [0.1, 0.15) is 0 Å². The monoisotopic (exact) mass is 361 g/mol. The molecule has 0 aromatic heterocycles. The van der Waals surface area contributed by atoms with Crippen LogP contribution in [0, 0.1) is 5.41 Å². The molecule has 2 N–H and O–H groups in total. The van der Waals surface area contributed by atoms with Crippen LogP contribution < -0.4 is 5.32 Å². The normalized spacial score (nSPS) is 27.0. The molecule has 140 valence electrons. The van der Waals surface area contributed by atoms with E-state index in [0.717, 1.165) is 17.8 Å². The molecule has 5 rings (SSSR count). The molecule has 3 saturated carbocycles. The lowest BCUT2D eigenvalue weighted by atomic mass is 9.52. The molecule has 2 aromatic rings. The quantitative estimate of drug-likeness (QED) is 0.669. The number of aliphatic carboxylic acids is 1. The molecule has 3 heteroatoms. The SMILES string of the molecule is O=C(O)/C=C/c1cccc(NCC23CCC(c4ccccc4)(CC2)CC3)c1. The van der Waals surface area contributed by atoms with Gasteiger partial charge in [0.05, 0.1) is 0 Å². The van der Waals surface area contributed by atoms with Crippen LogP contribution in [0.1, 0.15) is 49.7 Å². The molecule has 0 atom stereocenters. The number of carbonyl (C=O) groups is 1. The predicted octanol–water partition coefficient (Wildman–Crippen LogP) is 5.49. The van der Waals surface area contributed by atoms with Gasteiger partial charge >= 0.3 is 5.97 Å². The van der Waals surface area contributed by atoms with Crippen LogP contribution in [-0.2, 0) is 10.2 Å². The average Bonchev–Trinajstić information content (AvgIpc) is 2.73. The van der Waals surface area contributed by atoms with Crippen molar-refractivity contribution < 1.29 is 9.90 Å². The van der Waals surface area contributed by atoms with Crippen LogP contribution in [0.15, 0.2) is 60.7 Å². The fourth-order valence-corrected chi connectivity index (χ4v) is 4.96. The summed E-state index contributed by atoms with van der Waals surface area (Å²) >= 11 is 0. The summed E-state index contributed by atoms with van der Waals surface area (Å²) in [6.07, 6.45) is 10.6. The van der Waals surface area contributed by atoms with E-state index in [2.05, 4.69) is 41.7 Å². The Kier molecular flexibility index (Phi) is 4.77. The predicted molar refractivity (Wildman–Crippen MR) is 110 cm³/mol. The lowest BCUT2D eigenvalue weighted by Crippen LogP contribution is -2.47. The maximum atomic E-state index is 10.7. The van der Waals surface area contributed by atoms with Crippen molar-refractivity contribution >= 4 is 17.7 Å². The molecule has 0 spiro atoms. The van der Waals surface area contributed by atoms with E-state index in [0.29, 0.717) is 10.8 Å². The molecule has 0 radical (unpaired) electrons. The van der Waals surface area contributed by atoms with Crippen molar-refractivity contribution in [2.45, 2.75) is 43.9 Å². The largest absolute Gasteiger partial charge is 0.478 e. The van der Waals surface area contributed by atoms with E-state index in [1.165, 1.54) is 50.2 Å². The minimum Gasteiger partial charge on any atom is -0.478 e. The number of anilines is 1. The van der Waals surface area contributed by atoms with Gasteiger partial charge in [0, 0.05) is 18.3 Å². The molecule has 0 saturated heterocycles. The number of hydrogen-bond acceptors (Lipinski definition) is 2. The second-order valence-corrected chi connectivity index (χ2v) is 8.30. The second-order valence-electron chi connectivity index (χ2n) is 8.30. The molecular formula is C24H27NO2. The third kappa shape index (κ3) is 3.78. The Morgan fingerprint density at radius 1 is 0.963 bits per heavy atom. The summed E-state index contributed by atoms with van der Waals surface area (Å²) in [6, 6.07) is 19.1. The Hall–Kier alpha value is -2.55. The first kappa shape index (κ1) is 17.8. The maximum absolute atomic E-state index is 10.7. The average molecular weight is 361 g/mol. The van der Waals surface area contributed by atoms with Crippen molar-refractivity contribution in [1.29, 1.82) is 0 Å². The number of rotatable bonds is 6. The van der Waals surface area contributed by atoms with Gasteiger partial charge < -0.3 is 10.4 Å². The number of carboxylic acids is 1. The van der Waals surface area contributed by atoms with Crippen LogP contribution in [0.4, 0.5) is 5.69 Å². The highest BCUT2D eigenvalue weighted by Gasteiger charge is 2.48. The van der Waals surface area contributed by atoms with E-state index >= 15 is 0 Å². The number of nitrogens with one attached hydrogen (secondary N) is 1. The zero-order valence-corrected chi connectivity index (χ0v) is 15.7. The smallest absolute Gasteiger partial charge is 0.328 e. The lowest BCUT2D eigenvalue weighted by molar-refractivity contribution is -0.131. The van der Waals surface area contributed by atoms with Crippen molar-refractivity contribution in [3.8, 4) is 0 Å². The van der Waals surface area contributed by atoms with E-state index < -0.39 is 5.97 Å². The third-order valence-corrected chi connectivity index (χ3v) is 6.76. The minimum atomic E-state index is -0.918. The van der Waals surface area contributed by atoms with Gasteiger partial charge in [0.2, 0.25) is 0 Å². The van der Waals surface area contributed by atoms with Crippen molar-refractivity contribution in [2.24, 2.45) is 5.41 Å². The highest BCUT2D eigenvalue weighted by atomic mass is 16.4. The van der Waals surface area contributed by atoms with Crippen LogP contribution in [0.5, 0.6) is 0 Å². The van der Waals surface area contributed by atoms with Crippen LogP contribution in [0.3, 0.4) is 0 Å². The van der Waals surface area contributed by atoms with Crippen LogP contribution >= 0.6 is 0 Å². The van der Waals surface area contributed by atoms with Gasteiger partial charge in [0.15, 0.2) is 0 Å². The summed E-state index contributed by atoms with van der Waals surface area (Å²) < 4.78 is 0. The Labute approximate surface area is 161 Å². The van der Waals surface area contributed by atoms with E-state index in [4.69, 9.17) is 5.11 Å². The molecule has 0 heterocycles. The van der Waals surface area contributed by atoms with Gasteiger partial charge in [-0.3, -0.25) is 0 Å². The molecule has 3 nitrogen and oxygen atoms in total.